The molecule has 0 heterocycles. The molecule has 106 valence electrons. The summed E-state index contributed by atoms with van der Waals surface area (Å²) in [6.45, 7) is 0.166. The van der Waals surface area contributed by atoms with E-state index in [0.29, 0.717) is 5.56 Å². The van der Waals surface area contributed by atoms with Crippen molar-refractivity contribution >= 4 is 5.91 Å². The predicted molar refractivity (Wildman–Crippen MR) is 63.5 cm³/mol. The summed E-state index contributed by atoms with van der Waals surface area (Å²) in [5, 5.41) is 2.77. The highest BCUT2D eigenvalue weighted by atomic mass is 19.4. The lowest BCUT2D eigenvalue weighted by molar-refractivity contribution is -0.274. The number of hydrogen-bond acceptors (Lipinski definition) is 3. The van der Waals surface area contributed by atoms with Gasteiger partial charge in [-0.3, -0.25) is 4.79 Å². The van der Waals surface area contributed by atoms with E-state index in [0.717, 1.165) is 0 Å². The van der Waals surface area contributed by atoms with Crippen LogP contribution in [0.1, 0.15) is 5.56 Å². The van der Waals surface area contributed by atoms with E-state index in [2.05, 4.69) is 10.1 Å². The Bertz CT molecular complexity index is 433. The third-order valence-corrected chi connectivity index (χ3v) is 2.29. The highest BCUT2D eigenvalue weighted by Gasteiger charge is 2.31. The average molecular weight is 276 g/mol. The monoisotopic (exact) mass is 276 g/mol. The molecule has 4 nitrogen and oxygen atoms in total. The normalized spacial score (nSPS) is 11.2. The van der Waals surface area contributed by atoms with Gasteiger partial charge >= 0.3 is 6.36 Å². The number of rotatable bonds is 5. The van der Waals surface area contributed by atoms with Crippen LogP contribution in [0.4, 0.5) is 13.2 Å². The highest BCUT2D eigenvalue weighted by Crippen LogP contribution is 2.25. The van der Waals surface area contributed by atoms with Gasteiger partial charge in [-0.2, -0.15) is 0 Å². The molecule has 0 bridgehead atoms. The molecule has 0 saturated carbocycles. The van der Waals surface area contributed by atoms with Crippen molar-refractivity contribution in [2.45, 2.75) is 12.9 Å². The lowest BCUT2D eigenvalue weighted by Gasteiger charge is -2.14. The van der Waals surface area contributed by atoms with Crippen molar-refractivity contribution in [2.75, 3.05) is 20.6 Å². The van der Waals surface area contributed by atoms with Crippen molar-refractivity contribution in [3.63, 3.8) is 0 Å². The minimum absolute atomic E-state index is 0.0490. The number of nitrogens with zero attached hydrogens (tertiary/aromatic N) is 1. The number of carbonyl (C=O) groups excluding carboxylic acids is 1. The van der Waals surface area contributed by atoms with Crippen molar-refractivity contribution < 1.29 is 22.7 Å². The van der Waals surface area contributed by atoms with Crippen molar-refractivity contribution in [2.24, 2.45) is 0 Å². The van der Waals surface area contributed by atoms with Gasteiger partial charge in [-0.15, -0.1) is 13.2 Å². The van der Waals surface area contributed by atoms with Gasteiger partial charge in [0.15, 0.2) is 0 Å². The number of carbonyl (C=O) groups is 1. The molecule has 0 unspecified atom stereocenters. The Morgan fingerprint density at radius 3 is 2.53 bits per heavy atom. The SMILES string of the molecule is CN(C)C(=O)CNCc1ccccc1OC(F)(F)F. The van der Waals surface area contributed by atoms with E-state index >= 15 is 0 Å². The maximum atomic E-state index is 12.2. The second kappa shape index (κ2) is 6.42. The lowest BCUT2D eigenvalue weighted by atomic mass is 10.2. The summed E-state index contributed by atoms with van der Waals surface area (Å²) in [6.07, 6.45) is -4.73. The maximum Gasteiger partial charge on any atom is 0.573 e. The van der Waals surface area contributed by atoms with E-state index in [-0.39, 0.29) is 24.7 Å². The van der Waals surface area contributed by atoms with Crippen LogP contribution in [-0.2, 0) is 11.3 Å². The molecule has 1 aromatic rings. The first-order valence-corrected chi connectivity index (χ1v) is 5.54. The second-order valence-electron chi connectivity index (χ2n) is 4.05. The number of benzene rings is 1. The zero-order valence-electron chi connectivity index (χ0n) is 10.6. The molecule has 19 heavy (non-hydrogen) atoms. The Morgan fingerprint density at radius 2 is 1.95 bits per heavy atom. The summed E-state index contributed by atoms with van der Waals surface area (Å²) in [5.41, 5.74) is 0.339. The van der Waals surface area contributed by atoms with Gasteiger partial charge in [-0.1, -0.05) is 18.2 Å². The minimum atomic E-state index is -4.73. The predicted octanol–water partition coefficient (Wildman–Crippen LogP) is 1.76. The molecule has 0 aliphatic heterocycles. The van der Waals surface area contributed by atoms with Crippen LogP contribution < -0.4 is 10.1 Å². The molecule has 1 rings (SSSR count). The third-order valence-electron chi connectivity index (χ3n) is 2.29. The number of halogens is 3. The van der Waals surface area contributed by atoms with Crippen LogP contribution >= 0.6 is 0 Å². The molecule has 0 atom stereocenters. The van der Waals surface area contributed by atoms with Gasteiger partial charge < -0.3 is 15.0 Å². The summed E-state index contributed by atoms with van der Waals surface area (Å²) in [7, 11) is 3.20. The molecule has 1 N–H and O–H groups in total. The largest absolute Gasteiger partial charge is 0.573 e. The van der Waals surface area contributed by atoms with Gasteiger partial charge in [-0.05, 0) is 6.07 Å². The number of amides is 1. The van der Waals surface area contributed by atoms with Gasteiger partial charge in [0.25, 0.3) is 0 Å². The van der Waals surface area contributed by atoms with E-state index < -0.39 is 6.36 Å². The number of nitrogens with one attached hydrogen (secondary N) is 1. The first-order chi connectivity index (χ1) is 8.79. The smallest absolute Gasteiger partial charge is 0.405 e. The molecule has 0 aliphatic carbocycles. The molecule has 0 aliphatic rings. The number of para-hydroxylation sites is 1. The van der Waals surface area contributed by atoms with E-state index in [9.17, 15) is 18.0 Å². The van der Waals surface area contributed by atoms with Crippen molar-refractivity contribution in [1.29, 1.82) is 0 Å². The Morgan fingerprint density at radius 1 is 1.32 bits per heavy atom. The van der Waals surface area contributed by atoms with Crippen LogP contribution in [0, 0.1) is 0 Å². The van der Waals surface area contributed by atoms with Crippen molar-refractivity contribution in [3.8, 4) is 5.75 Å². The summed E-state index contributed by atoms with van der Waals surface area (Å²) >= 11 is 0. The lowest BCUT2D eigenvalue weighted by Crippen LogP contribution is -2.32. The number of alkyl halides is 3. The number of likely N-dealkylation sites (N-methyl/N-ethyl adjacent to an activating group) is 1. The van der Waals surface area contributed by atoms with Crippen LogP contribution in [-0.4, -0.2) is 37.8 Å². The van der Waals surface area contributed by atoms with Crippen molar-refractivity contribution in [3.05, 3.63) is 29.8 Å². The highest BCUT2D eigenvalue weighted by molar-refractivity contribution is 5.77. The Hall–Kier alpha value is -1.76. The molecule has 7 heteroatoms. The first-order valence-electron chi connectivity index (χ1n) is 5.54. The Kier molecular flexibility index (Phi) is 5.17. The van der Waals surface area contributed by atoms with E-state index in [1.165, 1.54) is 23.1 Å². The van der Waals surface area contributed by atoms with Gasteiger partial charge in [0.2, 0.25) is 5.91 Å². The quantitative estimate of drug-likeness (QED) is 0.891. The molecule has 0 spiro atoms. The van der Waals surface area contributed by atoms with Gasteiger partial charge in [0, 0.05) is 26.2 Å². The van der Waals surface area contributed by atoms with Crippen LogP contribution in [0.2, 0.25) is 0 Å². The van der Waals surface area contributed by atoms with Gasteiger partial charge in [0.1, 0.15) is 5.75 Å². The van der Waals surface area contributed by atoms with Crippen LogP contribution in [0.5, 0.6) is 5.75 Å². The number of ether oxygens (including phenoxy) is 1. The molecule has 1 amide bonds. The van der Waals surface area contributed by atoms with Gasteiger partial charge in [0.05, 0.1) is 6.54 Å². The fourth-order valence-corrected chi connectivity index (χ4v) is 1.34. The fraction of sp³-hybridized carbons (Fsp3) is 0.417. The van der Waals surface area contributed by atoms with Crippen LogP contribution in [0.15, 0.2) is 24.3 Å². The van der Waals surface area contributed by atoms with E-state index in [1.807, 2.05) is 0 Å². The Balaban J connectivity index is 2.61. The molecule has 0 radical (unpaired) electrons. The summed E-state index contributed by atoms with van der Waals surface area (Å²) in [6, 6.07) is 5.80. The Labute approximate surface area is 109 Å². The molecular weight excluding hydrogens is 261 g/mol. The summed E-state index contributed by atoms with van der Waals surface area (Å²) in [5.74, 6) is -0.422. The first kappa shape index (κ1) is 15.3. The average Bonchev–Trinajstić information content (AvgIpc) is 2.29. The molecule has 0 saturated heterocycles. The van der Waals surface area contributed by atoms with E-state index in [1.54, 1.807) is 20.2 Å². The molecule has 0 aromatic heterocycles. The summed E-state index contributed by atoms with van der Waals surface area (Å²) < 4.78 is 40.4. The topological polar surface area (TPSA) is 41.6 Å². The van der Waals surface area contributed by atoms with Crippen LogP contribution in [0.25, 0.3) is 0 Å². The third kappa shape index (κ3) is 5.60. The minimum Gasteiger partial charge on any atom is -0.405 e. The summed E-state index contributed by atoms with van der Waals surface area (Å²) in [4.78, 5) is 12.7. The van der Waals surface area contributed by atoms with E-state index in [4.69, 9.17) is 0 Å². The van der Waals surface area contributed by atoms with Crippen molar-refractivity contribution in [1.82, 2.24) is 10.2 Å². The van der Waals surface area contributed by atoms with Crippen LogP contribution in [0.3, 0.4) is 0 Å². The second-order valence-corrected chi connectivity index (χ2v) is 4.05. The van der Waals surface area contributed by atoms with Gasteiger partial charge in [-0.25, -0.2) is 0 Å². The fourth-order valence-electron chi connectivity index (χ4n) is 1.34. The maximum absolute atomic E-state index is 12.2. The zero-order valence-corrected chi connectivity index (χ0v) is 10.6. The molecule has 0 fully saturated rings. The number of hydrogen-bond donors (Lipinski definition) is 1. The molecular formula is C12H15F3N2O2. The zero-order chi connectivity index (χ0) is 14.5. The molecule has 1 aromatic carbocycles. The standard InChI is InChI=1S/C12H15F3N2O2/c1-17(2)11(18)8-16-7-9-5-3-4-6-10(9)19-12(13,14)15/h3-6,16H,7-8H2,1-2H3.